The maximum atomic E-state index is 12.8. The molecule has 0 unspecified atom stereocenters. The van der Waals surface area contributed by atoms with E-state index in [-0.39, 0.29) is 18.0 Å². The summed E-state index contributed by atoms with van der Waals surface area (Å²) in [5, 5.41) is 0. The Hall–Kier alpha value is -2.16. The van der Waals surface area contributed by atoms with Crippen molar-refractivity contribution >= 4 is 5.78 Å². The zero-order valence-electron chi connectivity index (χ0n) is 10.9. The second-order valence-corrected chi connectivity index (χ2v) is 4.41. The van der Waals surface area contributed by atoms with E-state index in [1.54, 1.807) is 31.4 Å². The topological polar surface area (TPSA) is 26.3 Å². The highest BCUT2D eigenvalue weighted by Crippen LogP contribution is 2.18. The van der Waals surface area contributed by atoms with Crippen molar-refractivity contribution in [1.82, 2.24) is 0 Å². The molecule has 98 valence electrons. The summed E-state index contributed by atoms with van der Waals surface area (Å²) in [6.45, 7) is 1.88. The van der Waals surface area contributed by atoms with Crippen molar-refractivity contribution in [1.29, 1.82) is 0 Å². The van der Waals surface area contributed by atoms with Crippen LogP contribution in [-0.4, -0.2) is 12.9 Å². The summed E-state index contributed by atoms with van der Waals surface area (Å²) in [7, 11) is 1.59. The Kier molecular flexibility index (Phi) is 3.95. The highest BCUT2D eigenvalue weighted by molar-refractivity contribution is 5.98. The Morgan fingerprint density at radius 3 is 2.42 bits per heavy atom. The van der Waals surface area contributed by atoms with Gasteiger partial charge >= 0.3 is 0 Å². The molecule has 0 aliphatic heterocycles. The number of aryl methyl sites for hydroxylation is 1. The van der Waals surface area contributed by atoms with Gasteiger partial charge in [-0.25, -0.2) is 4.39 Å². The average Bonchev–Trinajstić information content (AvgIpc) is 2.41. The molecule has 0 bridgehead atoms. The standard InChI is InChI=1S/C16H15FO2/c1-11-9-14(19-2)7-8-15(11)16(18)10-12-3-5-13(17)6-4-12/h3-9H,10H2,1-2H3. The number of Topliss-reactive ketones (excluding diaryl/α,β-unsaturated/α-hetero) is 1. The number of carbonyl (C=O) groups is 1. The fourth-order valence-electron chi connectivity index (χ4n) is 1.96. The minimum atomic E-state index is -0.295. The number of ketones is 1. The van der Waals surface area contributed by atoms with Gasteiger partial charge in [-0.15, -0.1) is 0 Å². The molecule has 0 saturated heterocycles. The SMILES string of the molecule is COc1ccc(C(=O)Cc2ccc(F)cc2)c(C)c1. The molecule has 0 N–H and O–H groups in total. The quantitative estimate of drug-likeness (QED) is 0.784. The first-order valence-electron chi connectivity index (χ1n) is 6.02. The molecule has 2 aromatic rings. The van der Waals surface area contributed by atoms with Gasteiger partial charge in [0.15, 0.2) is 5.78 Å². The monoisotopic (exact) mass is 258 g/mol. The van der Waals surface area contributed by atoms with Crippen LogP contribution >= 0.6 is 0 Å². The third kappa shape index (κ3) is 3.19. The van der Waals surface area contributed by atoms with E-state index in [9.17, 15) is 9.18 Å². The van der Waals surface area contributed by atoms with Gasteiger partial charge in [0.25, 0.3) is 0 Å². The lowest BCUT2D eigenvalue weighted by Crippen LogP contribution is -2.05. The Balaban J connectivity index is 2.18. The molecule has 0 aromatic heterocycles. The first-order chi connectivity index (χ1) is 9.10. The molecule has 2 rings (SSSR count). The van der Waals surface area contributed by atoms with Gasteiger partial charge in [0, 0.05) is 12.0 Å². The minimum absolute atomic E-state index is 0.0201. The van der Waals surface area contributed by atoms with E-state index in [4.69, 9.17) is 4.74 Å². The summed E-state index contributed by atoms with van der Waals surface area (Å²) < 4.78 is 17.9. The predicted molar refractivity (Wildman–Crippen MR) is 72.2 cm³/mol. The summed E-state index contributed by atoms with van der Waals surface area (Å²) in [4.78, 5) is 12.2. The van der Waals surface area contributed by atoms with Crippen LogP contribution < -0.4 is 4.74 Å². The number of hydrogen-bond acceptors (Lipinski definition) is 2. The number of carbonyl (C=O) groups excluding carboxylic acids is 1. The van der Waals surface area contributed by atoms with Crippen molar-refractivity contribution in [3.63, 3.8) is 0 Å². The number of halogens is 1. The lowest BCUT2D eigenvalue weighted by Gasteiger charge is -2.07. The van der Waals surface area contributed by atoms with E-state index in [1.807, 2.05) is 13.0 Å². The van der Waals surface area contributed by atoms with E-state index in [2.05, 4.69) is 0 Å². The summed E-state index contributed by atoms with van der Waals surface area (Å²) in [5.41, 5.74) is 2.36. The fourth-order valence-corrected chi connectivity index (χ4v) is 1.96. The van der Waals surface area contributed by atoms with Gasteiger partial charge in [-0.3, -0.25) is 4.79 Å². The van der Waals surface area contributed by atoms with Crippen molar-refractivity contribution in [2.75, 3.05) is 7.11 Å². The highest BCUT2D eigenvalue weighted by Gasteiger charge is 2.10. The molecule has 0 heterocycles. The van der Waals surface area contributed by atoms with Crippen LogP contribution in [0.15, 0.2) is 42.5 Å². The van der Waals surface area contributed by atoms with Gasteiger partial charge in [-0.1, -0.05) is 12.1 Å². The maximum absolute atomic E-state index is 12.8. The number of rotatable bonds is 4. The lowest BCUT2D eigenvalue weighted by atomic mass is 9.99. The summed E-state index contributed by atoms with van der Waals surface area (Å²) in [5.74, 6) is 0.458. The third-order valence-corrected chi connectivity index (χ3v) is 3.01. The van der Waals surface area contributed by atoms with Crippen LogP contribution in [0, 0.1) is 12.7 Å². The number of methoxy groups -OCH3 is 1. The number of benzene rings is 2. The second kappa shape index (κ2) is 5.65. The molecule has 2 nitrogen and oxygen atoms in total. The van der Waals surface area contributed by atoms with Gasteiger partial charge in [0.05, 0.1) is 7.11 Å². The van der Waals surface area contributed by atoms with E-state index < -0.39 is 0 Å². The van der Waals surface area contributed by atoms with Crippen molar-refractivity contribution in [2.45, 2.75) is 13.3 Å². The van der Waals surface area contributed by atoms with Gasteiger partial charge < -0.3 is 4.74 Å². The molecule has 2 aromatic carbocycles. The van der Waals surface area contributed by atoms with E-state index >= 15 is 0 Å². The van der Waals surface area contributed by atoms with Crippen LogP contribution in [-0.2, 0) is 6.42 Å². The molecule has 0 atom stereocenters. The molecule has 19 heavy (non-hydrogen) atoms. The zero-order valence-corrected chi connectivity index (χ0v) is 10.9. The molecular weight excluding hydrogens is 243 g/mol. The Morgan fingerprint density at radius 1 is 1.16 bits per heavy atom. The maximum Gasteiger partial charge on any atom is 0.167 e. The smallest absolute Gasteiger partial charge is 0.167 e. The first-order valence-corrected chi connectivity index (χ1v) is 6.02. The minimum Gasteiger partial charge on any atom is -0.497 e. The van der Waals surface area contributed by atoms with Crippen LogP contribution in [0.1, 0.15) is 21.5 Å². The third-order valence-electron chi connectivity index (χ3n) is 3.01. The number of hydrogen-bond donors (Lipinski definition) is 0. The zero-order chi connectivity index (χ0) is 13.8. The van der Waals surface area contributed by atoms with Gasteiger partial charge in [0.2, 0.25) is 0 Å². The highest BCUT2D eigenvalue weighted by atomic mass is 19.1. The average molecular weight is 258 g/mol. The molecule has 0 aliphatic carbocycles. The molecule has 0 spiro atoms. The molecule has 0 fully saturated rings. The van der Waals surface area contributed by atoms with Crippen molar-refractivity contribution in [3.05, 3.63) is 65.0 Å². The molecule has 0 radical (unpaired) electrons. The van der Waals surface area contributed by atoms with Crippen molar-refractivity contribution in [2.24, 2.45) is 0 Å². The lowest BCUT2D eigenvalue weighted by molar-refractivity contribution is 0.0992. The normalized spacial score (nSPS) is 10.3. The summed E-state index contributed by atoms with van der Waals surface area (Å²) in [6.07, 6.45) is 0.271. The Bertz CT molecular complexity index is 588. The van der Waals surface area contributed by atoms with Gasteiger partial charge in [-0.05, 0) is 48.4 Å². The molecule has 0 aliphatic rings. The van der Waals surface area contributed by atoms with Crippen LogP contribution in [0.3, 0.4) is 0 Å². The first kappa shape index (κ1) is 13.3. The predicted octanol–water partition coefficient (Wildman–Crippen LogP) is 3.57. The van der Waals surface area contributed by atoms with Crippen LogP contribution in [0.2, 0.25) is 0 Å². The summed E-state index contributed by atoms with van der Waals surface area (Å²) in [6, 6.07) is 11.4. The van der Waals surface area contributed by atoms with E-state index in [0.717, 1.165) is 16.9 Å². The van der Waals surface area contributed by atoms with Gasteiger partial charge in [0.1, 0.15) is 11.6 Å². The Morgan fingerprint density at radius 2 is 1.84 bits per heavy atom. The van der Waals surface area contributed by atoms with Crippen LogP contribution in [0.5, 0.6) is 5.75 Å². The molecular formula is C16H15FO2. The molecule has 0 amide bonds. The van der Waals surface area contributed by atoms with E-state index in [1.165, 1.54) is 12.1 Å². The van der Waals surface area contributed by atoms with Crippen LogP contribution in [0.25, 0.3) is 0 Å². The summed E-state index contributed by atoms with van der Waals surface area (Å²) >= 11 is 0. The van der Waals surface area contributed by atoms with E-state index in [0.29, 0.717) is 5.56 Å². The van der Waals surface area contributed by atoms with Crippen LogP contribution in [0.4, 0.5) is 4.39 Å². The number of ether oxygens (including phenoxy) is 1. The van der Waals surface area contributed by atoms with Crippen molar-refractivity contribution in [3.8, 4) is 5.75 Å². The largest absolute Gasteiger partial charge is 0.497 e. The second-order valence-electron chi connectivity index (χ2n) is 4.41. The fraction of sp³-hybridized carbons (Fsp3) is 0.188. The molecule has 0 saturated carbocycles. The van der Waals surface area contributed by atoms with Crippen molar-refractivity contribution < 1.29 is 13.9 Å². The van der Waals surface area contributed by atoms with Gasteiger partial charge in [-0.2, -0.15) is 0 Å². The molecule has 3 heteroatoms. The Labute approximate surface area is 111 Å².